The summed E-state index contributed by atoms with van der Waals surface area (Å²) in [4.78, 5) is 22.8. The summed E-state index contributed by atoms with van der Waals surface area (Å²) in [7, 11) is -3.87. The first-order valence-corrected chi connectivity index (χ1v) is 15.0. The van der Waals surface area contributed by atoms with E-state index in [1.807, 2.05) is 19.1 Å². The van der Waals surface area contributed by atoms with Crippen molar-refractivity contribution in [3.05, 3.63) is 52.0 Å². The molecule has 1 saturated heterocycles. The fourth-order valence-electron chi connectivity index (χ4n) is 4.48. The third kappa shape index (κ3) is 5.42. The van der Waals surface area contributed by atoms with E-state index in [9.17, 15) is 13.2 Å². The molecule has 1 atom stereocenters. The Bertz CT molecular complexity index is 1300. The molecule has 4 rings (SSSR count). The van der Waals surface area contributed by atoms with Gasteiger partial charge in [-0.1, -0.05) is 54.5 Å². The summed E-state index contributed by atoms with van der Waals surface area (Å²) in [6, 6.07) is 9.00. The Morgan fingerprint density at radius 2 is 1.81 bits per heavy atom. The van der Waals surface area contributed by atoms with Crippen molar-refractivity contribution in [3.63, 3.8) is 0 Å². The zero-order valence-electron chi connectivity index (χ0n) is 20.6. The van der Waals surface area contributed by atoms with Crippen molar-refractivity contribution in [2.24, 2.45) is 0 Å². The van der Waals surface area contributed by atoms with Gasteiger partial charge in [-0.15, -0.1) is 0 Å². The molecular weight excluding hydrogens is 539 g/mol. The fraction of sp³-hybridized carbons (Fsp3) is 0.440. The molecule has 1 amide bonds. The molecule has 0 bridgehead atoms. The highest BCUT2D eigenvalue weighted by molar-refractivity contribution is 7.89. The Morgan fingerprint density at radius 3 is 2.44 bits per heavy atom. The SMILES string of the molecule is CCN(CC)CCN(C(=O)C1CCCN1S(=O)(=O)c1ccc(Cl)cc1)c1nc2c(C)ccc(Cl)c2s1. The molecule has 1 unspecified atom stereocenters. The summed E-state index contributed by atoms with van der Waals surface area (Å²) in [5.74, 6) is -0.259. The molecule has 2 aromatic carbocycles. The molecule has 0 saturated carbocycles. The molecule has 7 nitrogen and oxygen atoms in total. The third-order valence-electron chi connectivity index (χ3n) is 6.63. The lowest BCUT2D eigenvalue weighted by atomic mass is 10.2. The monoisotopic (exact) mass is 568 g/mol. The number of aryl methyl sites for hydroxylation is 1. The molecule has 1 aliphatic rings. The van der Waals surface area contributed by atoms with E-state index in [1.54, 1.807) is 17.0 Å². The van der Waals surface area contributed by atoms with Crippen LogP contribution in [0.25, 0.3) is 10.2 Å². The zero-order valence-corrected chi connectivity index (χ0v) is 23.7. The van der Waals surface area contributed by atoms with Crippen molar-refractivity contribution in [2.45, 2.75) is 44.6 Å². The summed E-state index contributed by atoms with van der Waals surface area (Å²) in [6.45, 7) is 9.16. The van der Waals surface area contributed by atoms with E-state index in [2.05, 4.69) is 18.7 Å². The minimum absolute atomic E-state index is 0.128. The average molecular weight is 570 g/mol. The van der Waals surface area contributed by atoms with Crippen LogP contribution < -0.4 is 4.90 Å². The highest BCUT2D eigenvalue weighted by atomic mass is 35.5. The van der Waals surface area contributed by atoms with Crippen LogP contribution in [0.5, 0.6) is 0 Å². The first-order valence-electron chi connectivity index (χ1n) is 12.0. The largest absolute Gasteiger partial charge is 0.302 e. The molecule has 3 aromatic rings. The summed E-state index contributed by atoms with van der Waals surface area (Å²) in [6.07, 6.45) is 1.07. The molecule has 1 aromatic heterocycles. The van der Waals surface area contributed by atoms with Gasteiger partial charge < -0.3 is 4.90 Å². The maximum absolute atomic E-state index is 14.0. The van der Waals surface area contributed by atoms with Crippen molar-refractivity contribution in [1.29, 1.82) is 0 Å². The Morgan fingerprint density at radius 1 is 1.11 bits per heavy atom. The summed E-state index contributed by atoms with van der Waals surface area (Å²) in [5, 5.41) is 1.58. The molecule has 0 radical (unpaired) electrons. The van der Waals surface area contributed by atoms with Crippen LogP contribution >= 0.6 is 34.5 Å². The number of aromatic nitrogens is 1. The second kappa shape index (κ2) is 11.3. The number of carbonyl (C=O) groups excluding carboxylic acids is 1. The summed E-state index contributed by atoms with van der Waals surface area (Å²) in [5.41, 5.74) is 1.74. The predicted molar refractivity (Wildman–Crippen MR) is 148 cm³/mol. The van der Waals surface area contributed by atoms with Crippen molar-refractivity contribution >= 4 is 65.8 Å². The second-order valence-electron chi connectivity index (χ2n) is 8.78. The molecule has 2 heterocycles. The van der Waals surface area contributed by atoms with E-state index in [-0.39, 0.29) is 17.3 Å². The number of carbonyl (C=O) groups is 1. The number of sulfonamides is 1. The lowest BCUT2D eigenvalue weighted by Crippen LogP contribution is -2.49. The van der Waals surface area contributed by atoms with Crippen molar-refractivity contribution < 1.29 is 13.2 Å². The van der Waals surface area contributed by atoms with E-state index in [1.165, 1.54) is 27.8 Å². The number of halogens is 2. The molecule has 1 fully saturated rings. The molecule has 0 aliphatic carbocycles. The Hall–Kier alpha value is -1.75. The Balaban J connectivity index is 1.70. The van der Waals surface area contributed by atoms with Gasteiger partial charge in [-0.2, -0.15) is 4.31 Å². The van der Waals surface area contributed by atoms with E-state index in [4.69, 9.17) is 28.2 Å². The molecular formula is C25H30Cl2N4O3S2. The normalized spacial score (nSPS) is 16.8. The van der Waals surface area contributed by atoms with Gasteiger partial charge in [-0.05, 0) is 68.8 Å². The first kappa shape index (κ1) is 27.3. The number of nitrogens with zero attached hydrogens (tertiary/aromatic N) is 4. The highest BCUT2D eigenvalue weighted by Crippen LogP contribution is 2.37. The molecule has 36 heavy (non-hydrogen) atoms. The lowest BCUT2D eigenvalue weighted by molar-refractivity contribution is -0.121. The van der Waals surface area contributed by atoms with Crippen LogP contribution in [-0.4, -0.2) is 67.3 Å². The minimum atomic E-state index is -3.87. The Labute approximate surface area is 226 Å². The van der Waals surface area contributed by atoms with Crippen LogP contribution in [0, 0.1) is 6.92 Å². The number of benzene rings is 2. The zero-order chi connectivity index (χ0) is 26.0. The quantitative estimate of drug-likeness (QED) is 0.343. The van der Waals surface area contributed by atoms with Gasteiger partial charge in [0.05, 0.1) is 20.1 Å². The van der Waals surface area contributed by atoms with Crippen molar-refractivity contribution in [3.8, 4) is 0 Å². The van der Waals surface area contributed by atoms with Crippen molar-refractivity contribution in [2.75, 3.05) is 37.6 Å². The smallest absolute Gasteiger partial charge is 0.247 e. The summed E-state index contributed by atoms with van der Waals surface area (Å²) < 4.78 is 29.1. The number of thiazole rings is 1. The van der Waals surface area contributed by atoms with Crippen LogP contribution in [0.3, 0.4) is 0 Å². The second-order valence-corrected chi connectivity index (χ2v) is 12.5. The van der Waals surface area contributed by atoms with E-state index in [0.717, 1.165) is 28.9 Å². The van der Waals surface area contributed by atoms with Gasteiger partial charge >= 0.3 is 0 Å². The molecule has 11 heteroatoms. The molecule has 0 spiro atoms. The maximum atomic E-state index is 14.0. The number of hydrogen-bond acceptors (Lipinski definition) is 6. The number of anilines is 1. The fourth-order valence-corrected chi connectivity index (χ4v) is 7.61. The van der Waals surface area contributed by atoms with Crippen LogP contribution in [0.1, 0.15) is 32.3 Å². The number of amides is 1. The predicted octanol–water partition coefficient (Wildman–Crippen LogP) is 5.44. The van der Waals surface area contributed by atoms with Crippen LogP contribution in [0.2, 0.25) is 10.0 Å². The van der Waals surface area contributed by atoms with Gasteiger partial charge in [0.2, 0.25) is 15.9 Å². The topological polar surface area (TPSA) is 73.8 Å². The lowest BCUT2D eigenvalue weighted by Gasteiger charge is -2.30. The van der Waals surface area contributed by atoms with E-state index >= 15 is 0 Å². The molecule has 1 aliphatic heterocycles. The van der Waals surface area contributed by atoms with E-state index < -0.39 is 16.1 Å². The molecule has 194 valence electrons. The number of rotatable bonds is 9. The van der Waals surface area contributed by atoms with Gasteiger partial charge in [0, 0.05) is 24.7 Å². The van der Waals surface area contributed by atoms with Gasteiger partial charge in [-0.3, -0.25) is 9.69 Å². The standard InChI is InChI=1S/C25H30Cl2N4O3S2/c1-4-29(5-2)15-16-30(25-28-22-17(3)8-13-20(27)23(22)35-25)24(32)21-7-6-14-31(21)36(33,34)19-11-9-18(26)10-12-19/h8-13,21H,4-7,14-16H2,1-3H3. The number of likely N-dealkylation sites (N-methyl/N-ethyl adjacent to an activating group) is 1. The van der Waals surface area contributed by atoms with Gasteiger partial charge in [0.15, 0.2) is 5.13 Å². The third-order valence-corrected chi connectivity index (χ3v) is 10.3. The van der Waals surface area contributed by atoms with Crippen LogP contribution in [-0.2, 0) is 14.8 Å². The van der Waals surface area contributed by atoms with Gasteiger partial charge in [0.1, 0.15) is 6.04 Å². The summed E-state index contributed by atoms with van der Waals surface area (Å²) >= 11 is 13.8. The van der Waals surface area contributed by atoms with Crippen molar-refractivity contribution in [1.82, 2.24) is 14.2 Å². The van der Waals surface area contributed by atoms with Crippen LogP contribution in [0.4, 0.5) is 5.13 Å². The molecule has 0 N–H and O–H groups in total. The first-order chi connectivity index (χ1) is 17.2. The number of fused-ring (bicyclic) bond motifs is 1. The Kier molecular flexibility index (Phi) is 8.59. The maximum Gasteiger partial charge on any atom is 0.247 e. The van der Waals surface area contributed by atoms with Gasteiger partial charge in [0.25, 0.3) is 0 Å². The van der Waals surface area contributed by atoms with Gasteiger partial charge in [-0.25, -0.2) is 13.4 Å². The number of hydrogen-bond donors (Lipinski definition) is 0. The highest BCUT2D eigenvalue weighted by Gasteiger charge is 2.42. The average Bonchev–Trinajstić information content (AvgIpc) is 3.53. The van der Waals surface area contributed by atoms with Crippen LogP contribution in [0.15, 0.2) is 41.3 Å². The van der Waals surface area contributed by atoms with E-state index in [0.29, 0.717) is 41.1 Å². The minimum Gasteiger partial charge on any atom is -0.302 e.